The van der Waals surface area contributed by atoms with Gasteiger partial charge in [-0.05, 0) is 36.0 Å². The molecule has 1 aliphatic heterocycles. The van der Waals surface area contributed by atoms with Crippen molar-refractivity contribution in [1.29, 1.82) is 0 Å². The molecule has 1 heterocycles. The van der Waals surface area contributed by atoms with E-state index in [0.29, 0.717) is 10.7 Å². The number of alkyl halides is 1. The van der Waals surface area contributed by atoms with E-state index < -0.39 is 0 Å². The summed E-state index contributed by atoms with van der Waals surface area (Å²) in [6, 6.07) is 19.6. The van der Waals surface area contributed by atoms with E-state index in [4.69, 9.17) is 0 Å². The summed E-state index contributed by atoms with van der Waals surface area (Å²) in [4.78, 5) is 1.93. The van der Waals surface area contributed by atoms with Gasteiger partial charge in [0, 0.05) is 15.0 Å². The molecule has 104 valence electrons. The van der Waals surface area contributed by atoms with Crippen LogP contribution < -0.4 is 0 Å². The van der Waals surface area contributed by atoms with Gasteiger partial charge in [0.15, 0.2) is 0 Å². The third-order valence-electron chi connectivity index (χ3n) is 3.97. The fourth-order valence-corrected chi connectivity index (χ4v) is 4.89. The molecule has 0 spiro atoms. The van der Waals surface area contributed by atoms with Gasteiger partial charge in [0.25, 0.3) is 0 Å². The lowest BCUT2D eigenvalue weighted by Crippen LogP contribution is -2.12. The third kappa shape index (κ3) is 3.12. The standard InChI is InChI=1S/C18H19BrS/c1-13(18(19)14-7-3-2-4-8-14)11-16-12-15-9-5-6-10-17(15)20-16/h2-10,13,16,18H,11-12H2,1H3. The van der Waals surface area contributed by atoms with Crippen molar-refractivity contribution in [1.82, 2.24) is 0 Å². The van der Waals surface area contributed by atoms with Crippen LogP contribution in [0.15, 0.2) is 59.5 Å². The van der Waals surface area contributed by atoms with Crippen molar-refractivity contribution in [2.75, 3.05) is 0 Å². The Labute approximate surface area is 134 Å². The number of benzene rings is 2. The topological polar surface area (TPSA) is 0 Å². The Balaban J connectivity index is 1.62. The summed E-state index contributed by atoms with van der Waals surface area (Å²) >= 11 is 5.94. The first-order valence-electron chi connectivity index (χ1n) is 7.17. The van der Waals surface area contributed by atoms with Gasteiger partial charge in [-0.25, -0.2) is 0 Å². The minimum absolute atomic E-state index is 0.452. The third-order valence-corrected chi connectivity index (χ3v) is 6.74. The molecule has 3 atom stereocenters. The summed E-state index contributed by atoms with van der Waals surface area (Å²) in [6.07, 6.45) is 2.48. The van der Waals surface area contributed by atoms with Crippen LogP contribution >= 0.6 is 27.7 Å². The number of rotatable bonds is 4. The molecule has 0 amide bonds. The van der Waals surface area contributed by atoms with Crippen molar-refractivity contribution in [3.63, 3.8) is 0 Å². The van der Waals surface area contributed by atoms with Crippen LogP contribution in [-0.4, -0.2) is 5.25 Å². The van der Waals surface area contributed by atoms with E-state index in [9.17, 15) is 0 Å². The molecule has 3 unspecified atom stereocenters. The minimum atomic E-state index is 0.452. The molecule has 0 radical (unpaired) electrons. The Bertz CT molecular complexity index is 542. The molecule has 0 aromatic heterocycles. The SMILES string of the molecule is CC(CC1Cc2ccccc2S1)C(Br)c1ccccc1. The second-order valence-corrected chi connectivity index (χ2v) is 7.91. The molecule has 2 heteroatoms. The molecular formula is C18H19BrS. The van der Waals surface area contributed by atoms with Gasteiger partial charge in [-0.15, -0.1) is 11.8 Å². The maximum atomic E-state index is 3.88. The lowest BCUT2D eigenvalue weighted by Gasteiger charge is -2.21. The highest BCUT2D eigenvalue weighted by Crippen LogP contribution is 2.42. The van der Waals surface area contributed by atoms with Gasteiger partial charge in [-0.3, -0.25) is 0 Å². The van der Waals surface area contributed by atoms with Gasteiger partial charge < -0.3 is 0 Å². The van der Waals surface area contributed by atoms with Gasteiger partial charge in [0.1, 0.15) is 0 Å². The molecule has 0 fully saturated rings. The Kier molecular flexibility index (Phi) is 4.52. The Morgan fingerprint density at radius 3 is 2.55 bits per heavy atom. The average molecular weight is 347 g/mol. The zero-order chi connectivity index (χ0) is 13.9. The zero-order valence-electron chi connectivity index (χ0n) is 11.6. The molecule has 1 aliphatic rings. The van der Waals surface area contributed by atoms with Crippen LogP contribution in [0.2, 0.25) is 0 Å². The van der Waals surface area contributed by atoms with Crippen molar-refractivity contribution >= 4 is 27.7 Å². The van der Waals surface area contributed by atoms with E-state index >= 15 is 0 Å². The highest BCUT2D eigenvalue weighted by molar-refractivity contribution is 9.09. The predicted molar refractivity (Wildman–Crippen MR) is 91.7 cm³/mol. The van der Waals surface area contributed by atoms with Gasteiger partial charge in [-0.1, -0.05) is 71.4 Å². The van der Waals surface area contributed by atoms with Crippen LogP contribution in [0.5, 0.6) is 0 Å². The largest absolute Gasteiger partial charge is 0.122 e. The van der Waals surface area contributed by atoms with E-state index in [2.05, 4.69) is 89.2 Å². The molecule has 0 N–H and O–H groups in total. The number of hydrogen-bond donors (Lipinski definition) is 0. The monoisotopic (exact) mass is 346 g/mol. The summed E-state index contributed by atoms with van der Waals surface area (Å²) in [7, 11) is 0. The second-order valence-electron chi connectivity index (χ2n) is 5.58. The molecule has 3 rings (SSSR count). The Morgan fingerprint density at radius 1 is 1.10 bits per heavy atom. The minimum Gasteiger partial charge on any atom is -0.122 e. The number of halogens is 1. The predicted octanol–water partition coefficient (Wildman–Crippen LogP) is 5.87. The molecule has 0 bridgehead atoms. The smallest absolute Gasteiger partial charge is 0.0421 e. The van der Waals surface area contributed by atoms with Gasteiger partial charge >= 0.3 is 0 Å². The van der Waals surface area contributed by atoms with E-state index in [1.807, 2.05) is 0 Å². The molecule has 20 heavy (non-hydrogen) atoms. The first kappa shape index (κ1) is 14.2. The van der Waals surface area contributed by atoms with E-state index in [1.165, 1.54) is 28.9 Å². The first-order valence-corrected chi connectivity index (χ1v) is 8.97. The molecule has 0 nitrogen and oxygen atoms in total. The number of fused-ring (bicyclic) bond motifs is 1. The lowest BCUT2D eigenvalue weighted by molar-refractivity contribution is 0.515. The highest BCUT2D eigenvalue weighted by atomic mass is 79.9. The lowest BCUT2D eigenvalue weighted by atomic mass is 9.94. The first-order chi connectivity index (χ1) is 9.74. The molecule has 0 saturated heterocycles. The van der Waals surface area contributed by atoms with Gasteiger partial charge in [0.05, 0.1) is 0 Å². The van der Waals surface area contributed by atoms with Crippen LogP contribution in [0.25, 0.3) is 0 Å². The van der Waals surface area contributed by atoms with Crippen LogP contribution in [0.3, 0.4) is 0 Å². The number of thioether (sulfide) groups is 1. The molecule has 2 aromatic rings. The van der Waals surface area contributed by atoms with Crippen LogP contribution in [0.1, 0.15) is 29.3 Å². The molecular weight excluding hydrogens is 328 g/mol. The van der Waals surface area contributed by atoms with Crippen molar-refractivity contribution < 1.29 is 0 Å². The molecule has 2 aromatic carbocycles. The fraction of sp³-hybridized carbons (Fsp3) is 0.333. The van der Waals surface area contributed by atoms with E-state index in [-0.39, 0.29) is 0 Å². The quantitative estimate of drug-likeness (QED) is 0.624. The van der Waals surface area contributed by atoms with Crippen molar-refractivity contribution in [3.8, 4) is 0 Å². The Hall–Kier alpha value is -0.730. The normalized spacial score (nSPS) is 20.4. The zero-order valence-corrected chi connectivity index (χ0v) is 14.0. The van der Waals surface area contributed by atoms with Crippen molar-refractivity contribution in [2.45, 2.75) is 34.7 Å². The summed E-state index contributed by atoms with van der Waals surface area (Å²) in [5, 5.41) is 0.728. The number of hydrogen-bond acceptors (Lipinski definition) is 1. The molecule has 0 aliphatic carbocycles. The molecule has 0 saturated carbocycles. The van der Waals surface area contributed by atoms with Crippen LogP contribution in [0.4, 0.5) is 0 Å². The summed E-state index contributed by atoms with van der Waals surface area (Å²) in [5.74, 6) is 0.643. The summed E-state index contributed by atoms with van der Waals surface area (Å²) in [6.45, 7) is 2.36. The van der Waals surface area contributed by atoms with Crippen LogP contribution in [-0.2, 0) is 6.42 Å². The second kappa shape index (κ2) is 6.36. The van der Waals surface area contributed by atoms with E-state index in [1.54, 1.807) is 0 Å². The Morgan fingerprint density at radius 2 is 1.80 bits per heavy atom. The van der Waals surface area contributed by atoms with Gasteiger partial charge in [0.2, 0.25) is 0 Å². The maximum Gasteiger partial charge on any atom is 0.0421 e. The van der Waals surface area contributed by atoms with Crippen LogP contribution in [0, 0.1) is 5.92 Å². The van der Waals surface area contributed by atoms with Crippen molar-refractivity contribution in [2.24, 2.45) is 5.92 Å². The average Bonchev–Trinajstić information content (AvgIpc) is 2.89. The van der Waals surface area contributed by atoms with Crippen molar-refractivity contribution in [3.05, 3.63) is 65.7 Å². The highest BCUT2D eigenvalue weighted by Gasteiger charge is 2.26. The maximum absolute atomic E-state index is 3.88. The van der Waals surface area contributed by atoms with Gasteiger partial charge in [-0.2, -0.15) is 0 Å². The van der Waals surface area contributed by atoms with E-state index in [0.717, 1.165) is 5.25 Å². The summed E-state index contributed by atoms with van der Waals surface area (Å²) < 4.78 is 0. The fourth-order valence-electron chi connectivity index (χ4n) is 2.88. The summed E-state index contributed by atoms with van der Waals surface area (Å²) in [5.41, 5.74) is 2.92.